The zero-order chi connectivity index (χ0) is 91.1. The third kappa shape index (κ3) is 19.4. The van der Waals surface area contributed by atoms with Gasteiger partial charge in [-0.1, -0.05) is 71.9 Å². The van der Waals surface area contributed by atoms with Crippen molar-refractivity contribution < 1.29 is 5.11 Å². The summed E-state index contributed by atoms with van der Waals surface area (Å²) in [5, 5.41) is 13.3. The van der Waals surface area contributed by atoms with Crippen molar-refractivity contribution in [3.8, 4) is 0 Å². The average Bonchev–Trinajstić information content (AvgIpc) is 1.22. The molecule has 13 N–H and O–H groups in total. The Bertz CT molecular complexity index is 5820. The quantitative estimate of drug-likeness (QED) is 0.0527. The predicted molar refractivity (Wildman–Crippen MR) is 513 cm³/mol. The number of aliphatic imine (C=N–C) groups is 5. The third-order valence-corrected chi connectivity index (χ3v) is 29.3. The Kier molecular flexibility index (Phi) is 26.8. The molecule has 1 spiro atoms. The van der Waals surface area contributed by atoms with E-state index < -0.39 is 11.3 Å². The van der Waals surface area contributed by atoms with E-state index in [0.29, 0.717) is 102 Å². The summed E-state index contributed by atoms with van der Waals surface area (Å²) in [5.74, 6) is 4.45. The summed E-state index contributed by atoms with van der Waals surface area (Å²) in [4.78, 5) is 103. The maximum Gasteiger partial charge on any atom is 0.147 e. The van der Waals surface area contributed by atoms with Crippen LogP contribution in [-0.4, -0.2) is 210 Å². The van der Waals surface area contributed by atoms with Gasteiger partial charge in [0.25, 0.3) is 0 Å². The van der Waals surface area contributed by atoms with Crippen LogP contribution in [0.1, 0.15) is 211 Å². The van der Waals surface area contributed by atoms with Crippen LogP contribution in [0.25, 0.3) is 0 Å². The molecule has 1 aliphatic carbocycles. The van der Waals surface area contributed by atoms with Gasteiger partial charge >= 0.3 is 0 Å². The lowest BCUT2D eigenvalue weighted by Gasteiger charge is -2.52. The maximum atomic E-state index is 10.3. The lowest BCUT2D eigenvalue weighted by Crippen LogP contribution is -2.57. The highest BCUT2D eigenvalue weighted by atomic mass is 35.5. The summed E-state index contributed by atoms with van der Waals surface area (Å²) >= 11 is 31.8. The van der Waals surface area contributed by atoms with E-state index in [-0.39, 0.29) is 11.0 Å². The van der Waals surface area contributed by atoms with Crippen LogP contribution in [0.5, 0.6) is 0 Å². The molecule has 10 aliphatic heterocycles. The molecular weight excluding hydrogens is 1740 g/mol. The minimum absolute atomic E-state index is 0.0348. The van der Waals surface area contributed by atoms with Crippen LogP contribution in [0.2, 0.25) is 25.1 Å². The minimum Gasteiger partial charge on any atom is -0.388 e. The Hall–Kier alpha value is -10.3. The van der Waals surface area contributed by atoms with E-state index in [4.69, 9.17) is 122 Å². The number of aromatic nitrogens is 15. The molecule has 20 heterocycles. The second-order valence-electron chi connectivity index (χ2n) is 36.2. The second kappa shape index (κ2) is 38.1. The largest absolute Gasteiger partial charge is 0.388 e. The minimum atomic E-state index is -0.757. The Morgan fingerprint density at radius 3 is 0.969 bits per heavy atom. The lowest BCUT2D eigenvalue weighted by molar-refractivity contribution is 0.0248. The number of hydrogen-bond acceptors (Lipinski definition) is 32. The zero-order valence-corrected chi connectivity index (χ0v) is 78.2. The van der Waals surface area contributed by atoms with Gasteiger partial charge in [0.15, 0.2) is 0 Å². The molecule has 0 radical (unpaired) electrons. The van der Waals surface area contributed by atoms with Gasteiger partial charge in [-0.25, -0.2) is 49.8 Å². The van der Waals surface area contributed by atoms with Gasteiger partial charge in [0.1, 0.15) is 57.6 Å². The molecule has 21 rings (SSSR count). The van der Waals surface area contributed by atoms with Gasteiger partial charge in [-0.2, -0.15) is 0 Å². The van der Waals surface area contributed by atoms with Gasteiger partial charge in [-0.05, 0) is 166 Å². The first kappa shape index (κ1) is 91.6. The van der Waals surface area contributed by atoms with E-state index >= 15 is 0 Å². The summed E-state index contributed by atoms with van der Waals surface area (Å²) < 4.78 is 0. The fourth-order valence-electron chi connectivity index (χ4n) is 18.3. The van der Waals surface area contributed by atoms with Crippen LogP contribution in [-0.2, 0) is 32.7 Å². The van der Waals surface area contributed by atoms with Crippen LogP contribution >= 0.6 is 58.0 Å². The number of aryl methyl sites for hydroxylation is 5. The number of aliphatic hydroxyl groups is 1. The van der Waals surface area contributed by atoms with Crippen molar-refractivity contribution in [2.24, 2.45) is 70.2 Å². The van der Waals surface area contributed by atoms with E-state index in [1.54, 1.807) is 43.4 Å². The number of hydrogen-bond donors (Lipinski definition) is 7. The first-order valence-corrected chi connectivity index (χ1v) is 46.5. The molecule has 10 aromatic rings. The Labute approximate surface area is 781 Å². The molecule has 32 nitrogen and oxygen atoms in total. The SMILES string of the molecule is CCC1(N)CCN(c2cnc3c(n2)CN=C3c2ccnc(C)c2Cl)CC1.Cc1cc(C2=NCc3nc(N4CCC(C)(CN)CC4)cnc32)c(Cl)cn1.Cc1cc(C2=NCc3nc(N4CCC(O)(CN)CC4)cnc32)c(Cl)cn1.Cc1cc(C2=NCc3nc(N4CCC5(CCC5N)CC4)cnc32)c(Cl)cn1.Cc1nccc(C2=NCc3nc(N4CCC(N)(N)CC4)cnc32)c1Cl. The highest BCUT2D eigenvalue weighted by Crippen LogP contribution is 2.49. The molecule has 5 saturated heterocycles. The van der Waals surface area contributed by atoms with Crippen molar-refractivity contribution >= 4 is 116 Å². The Morgan fingerprint density at radius 2 is 0.677 bits per heavy atom. The summed E-state index contributed by atoms with van der Waals surface area (Å²) in [7, 11) is 0. The number of pyridine rings is 5. The third-order valence-electron chi connectivity index (χ3n) is 27.4. The maximum absolute atomic E-state index is 10.3. The number of fused-ring (bicyclic) bond motifs is 5. The van der Waals surface area contributed by atoms with E-state index in [1.807, 2.05) is 83.5 Å². The van der Waals surface area contributed by atoms with Gasteiger partial charge in [0.05, 0.1) is 169 Å². The zero-order valence-electron chi connectivity index (χ0n) is 74.4. The smallest absolute Gasteiger partial charge is 0.147 e. The fourth-order valence-corrected chi connectivity index (χ4v) is 19.3. The molecular formula is C93H110Cl5N31O. The van der Waals surface area contributed by atoms with Crippen molar-refractivity contribution in [3.05, 3.63) is 231 Å². The number of halogens is 5. The normalized spacial score (nSPS) is 19.6. The number of nitrogens with zero attached hydrogens (tertiary/aromatic N) is 25. The van der Waals surface area contributed by atoms with Gasteiger partial charge in [0, 0.05) is 159 Å². The molecule has 678 valence electrons. The average molecular weight is 1860 g/mol. The van der Waals surface area contributed by atoms with Crippen LogP contribution in [0.4, 0.5) is 29.1 Å². The molecule has 11 aliphatic rings. The molecule has 130 heavy (non-hydrogen) atoms. The highest BCUT2D eigenvalue weighted by Gasteiger charge is 2.47. The molecule has 0 aromatic carbocycles. The standard InChI is InChI=1S/C20H23ClN6.2C19H23ClN6.C18H21ClN6O.C17H20ClN7/c1-12-8-13(14(21)9-23-12)18-19-15(10-24-18)26-17(11-25-19)27-6-4-20(5-7-27)3-2-16(20)22;1-12-7-13(14(20)8-22-12)17-18-15(9-23-17)25-16(10-24-18)26-5-3-19(2,11-21)4-6-26;1-3-19(21)5-8-26(9-6-19)15-11-24-18-14(25-15)10-23-17(18)13-4-7-22-12(2)16(13)20;1-11-6-12(13(19)7-21-11)16-17-14(8-22-16)24-15(9-23-17)25-4-2-18(26,10-20)3-5-25;1-10-14(18)11(2-5-21-10)15-16-12(8-22-15)24-13(9-23-16)25-6-3-17(19,20)4-7-25/h8-9,11,16H,2-7,10,22H2,1H3;7-8,10H,3-6,9,11,21H2,1-2H3;4,7,11H,3,5-6,8-10,21H2,1-2H3;6-7,9,26H,2-5,8,10,20H2,1H3;2,5,9H,3-4,6-8,19-20H2,1H3. The van der Waals surface area contributed by atoms with Crippen molar-refractivity contribution in [1.29, 1.82) is 0 Å². The monoisotopic (exact) mass is 1850 g/mol. The number of piperidine rings is 5. The Morgan fingerprint density at radius 1 is 0.377 bits per heavy atom. The molecule has 10 aromatic heterocycles. The van der Waals surface area contributed by atoms with Gasteiger partial charge < -0.3 is 64.0 Å². The molecule has 0 bridgehead atoms. The van der Waals surface area contributed by atoms with E-state index in [2.05, 4.69) is 108 Å². The molecule has 6 fully saturated rings. The van der Waals surface area contributed by atoms with E-state index in [1.165, 1.54) is 12.8 Å². The van der Waals surface area contributed by atoms with Crippen molar-refractivity contribution in [3.63, 3.8) is 0 Å². The van der Waals surface area contributed by atoms with Crippen LogP contribution < -0.4 is 58.9 Å². The van der Waals surface area contributed by atoms with Crippen molar-refractivity contribution in [2.75, 3.05) is 103 Å². The molecule has 0 amide bonds. The van der Waals surface area contributed by atoms with E-state index in [0.717, 1.165) is 288 Å². The first-order valence-electron chi connectivity index (χ1n) is 44.6. The summed E-state index contributed by atoms with van der Waals surface area (Å²) in [6.07, 6.45) is 30.2. The summed E-state index contributed by atoms with van der Waals surface area (Å²) in [6.45, 7) is 26.4. The van der Waals surface area contributed by atoms with Gasteiger partial charge in [-0.3, -0.25) is 49.9 Å². The predicted octanol–water partition coefficient (Wildman–Crippen LogP) is 11.4. The number of rotatable bonds is 13. The summed E-state index contributed by atoms with van der Waals surface area (Å²) in [5.41, 5.74) is 56.5. The number of nitrogens with two attached hydrogens (primary N) is 6. The number of anilines is 5. The Balaban J connectivity index is 0.000000114. The van der Waals surface area contributed by atoms with Crippen LogP contribution in [0, 0.1) is 45.4 Å². The fraction of sp³-hybridized carbons (Fsp3) is 0.462. The van der Waals surface area contributed by atoms with Crippen molar-refractivity contribution in [1.82, 2.24) is 74.8 Å². The molecule has 37 heteroatoms. The lowest BCUT2D eigenvalue weighted by atomic mass is 9.60. The topological polar surface area (TPSA) is 448 Å². The molecule has 1 saturated carbocycles. The van der Waals surface area contributed by atoms with Gasteiger partial charge in [-0.15, -0.1) is 0 Å². The van der Waals surface area contributed by atoms with E-state index in [9.17, 15) is 5.11 Å². The van der Waals surface area contributed by atoms with Crippen LogP contribution in [0.3, 0.4) is 0 Å². The first-order chi connectivity index (χ1) is 62.5. The second-order valence-corrected chi connectivity index (χ2v) is 38.2. The van der Waals surface area contributed by atoms with Crippen LogP contribution in [0.15, 0.2) is 117 Å². The summed E-state index contributed by atoms with van der Waals surface area (Å²) in [6, 6.07) is 9.96. The highest BCUT2D eigenvalue weighted by molar-refractivity contribution is 6.38. The van der Waals surface area contributed by atoms with Gasteiger partial charge in [0.2, 0.25) is 0 Å². The molecule has 1 atom stereocenters. The molecule has 1 unspecified atom stereocenters. The van der Waals surface area contributed by atoms with Crippen molar-refractivity contribution in [2.45, 2.75) is 188 Å².